The zero-order valence-electron chi connectivity index (χ0n) is 12.5. The van der Waals surface area contributed by atoms with Crippen molar-refractivity contribution in [1.82, 2.24) is 4.31 Å². The number of benzene rings is 1. The van der Waals surface area contributed by atoms with Crippen LogP contribution in [-0.4, -0.2) is 38.0 Å². The number of hydrogen-bond donors (Lipinski definition) is 1. The summed E-state index contributed by atoms with van der Waals surface area (Å²) in [5.41, 5.74) is 1.60. The zero-order valence-corrected chi connectivity index (χ0v) is 14.9. The highest BCUT2D eigenvalue weighted by molar-refractivity contribution is 9.10. The minimum absolute atomic E-state index is 0.158. The third-order valence-corrected chi connectivity index (χ3v) is 4.76. The fourth-order valence-electron chi connectivity index (χ4n) is 1.81. The van der Waals surface area contributed by atoms with Crippen molar-refractivity contribution in [2.24, 2.45) is 0 Å². The van der Waals surface area contributed by atoms with E-state index in [9.17, 15) is 13.2 Å². The molecule has 0 aliphatic carbocycles. The molecule has 1 rings (SSSR count). The predicted molar refractivity (Wildman–Crippen MR) is 88.8 cm³/mol. The molecule has 1 amide bonds. The monoisotopic (exact) mass is 376 g/mol. The fraction of sp³-hybridized carbons (Fsp3) is 0.500. The second-order valence-electron chi connectivity index (χ2n) is 4.96. The van der Waals surface area contributed by atoms with Gasteiger partial charge in [-0.05, 0) is 37.1 Å². The number of hydrogen-bond acceptors (Lipinski definition) is 3. The maximum absolute atomic E-state index is 12.0. The van der Waals surface area contributed by atoms with Gasteiger partial charge in [0, 0.05) is 16.7 Å². The lowest BCUT2D eigenvalue weighted by molar-refractivity contribution is -0.116. The van der Waals surface area contributed by atoms with Crippen LogP contribution in [0.15, 0.2) is 22.7 Å². The molecular weight excluding hydrogens is 356 g/mol. The predicted octanol–water partition coefficient (Wildman–Crippen LogP) is 2.76. The minimum Gasteiger partial charge on any atom is -0.325 e. The molecule has 0 fully saturated rings. The first-order chi connectivity index (χ1) is 9.74. The van der Waals surface area contributed by atoms with Crippen molar-refractivity contribution in [1.29, 1.82) is 0 Å². The van der Waals surface area contributed by atoms with Gasteiger partial charge in [-0.2, -0.15) is 4.31 Å². The van der Waals surface area contributed by atoms with Gasteiger partial charge < -0.3 is 5.32 Å². The molecule has 1 aromatic carbocycles. The number of aryl methyl sites for hydroxylation is 1. The standard InChI is InChI=1S/C14H21BrN2O3S/c1-4-5-8-17(21(3,19)20)10-14(18)16-13-7-6-12(15)9-11(13)2/h6-7,9H,4-5,8,10H2,1-3H3,(H,16,18). The molecule has 0 radical (unpaired) electrons. The number of halogens is 1. The van der Waals surface area contributed by atoms with Crippen molar-refractivity contribution in [3.05, 3.63) is 28.2 Å². The lowest BCUT2D eigenvalue weighted by Gasteiger charge is -2.19. The SMILES string of the molecule is CCCCN(CC(=O)Nc1ccc(Br)cc1C)S(C)(=O)=O. The van der Waals surface area contributed by atoms with E-state index < -0.39 is 10.0 Å². The van der Waals surface area contributed by atoms with E-state index in [2.05, 4.69) is 21.2 Å². The summed E-state index contributed by atoms with van der Waals surface area (Å²) in [6.07, 6.45) is 2.73. The van der Waals surface area contributed by atoms with Gasteiger partial charge in [0.2, 0.25) is 15.9 Å². The Morgan fingerprint density at radius 2 is 2.05 bits per heavy atom. The first kappa shape index (κ1) is 18.1. The Labute approximate surface area is 134 Å². The summed E-state index contributed by atoms with van der Waals surface area (Å²) >= 11 is 3.36. The Kier molecular flexibility index (Phi) is 6.83. The lowest BCUT2D eigenvalue weighted by Crippen LogP contribution is -2.38. The van der Waals surface area contributed by atoms with Crippen LogP contribution >= 0.6 is 15.9 Å². The average molecular weight is 377 g/mol. The van der Waals surface area contributed by atoms with E-state index in [1.54, 1.807) is 6.07 Å². The lowest BCUT2D eigenvalue weighted by atomic mass is 10.2. The molecule has 0 saturated heterocycles. The molecule has 5 nitrogen and oxygen atoms in total. The number of anilines is 1. The number of carbonyl (C=O) groups is 1. The highest BCUT2D eigenvalue weighted by atomic mass is 79.9. The second-order valence-corrected chi connectivity index (χ2v) is 7.86. The Balaban J connectivity index is 2.74. The molecule has 0 aliphatic rings. The van der Waals surface area contributed by atoms with Crippen LogP contribution < -0.4 is 5.32 Å². The van der Waals surface area contributed by atoms with Crippen molar-refractivity contribution in [2.75, 3.05) is 24.7 Å². The van der Waals surface area contributed by atoms with E-state index in [1.165, 1.54) is 4.31 Å². The highest BCUT2D eigenvalue weighted by Crippen LogP contribution is 2.20. The van der Waals surface area contributed by atoms with Crippen molar-refractivity contribution >= 4 is 37.5 Å². The third kappa shape index (κ3) is 6.15. The van der Waals surface area contributed by atoms with Crippen LogP contribution in [0.3, 0.4) is 0 Å². The topological polar surface area (TPSA) is 66.5 Å². The van der Waals surface area contributed by atoms with Crippen LogP contribution in [0, 0.1) is 6.92 Å². The third-order valence-electron chi connectivity index (χ3n) is 3.01. The normalized spacial score (nSPS) is 11.7. The van der Waals surface area contributed by atoms with Gasteiger partial charge in [0.15, 0.2) is 0 Å². The second kappa shape index (κ2) is 7.91. The van der Waals surface area contributed by atoms with E-state index in [1.807, 2.05) is 26.0 Å². The first-order valence-corrected chi connectivity index (χ1v) is 9.39. The van der Waals surface area contributed by atoms with Crippen LogP contribution in [0.5, 0.6) is 0 Å². The molecule has 1 aromatic rings. The zero-order chi connectivity index (χ0) is 16.0. The summed E-state index contributed by atoms with van der Waals surface area (Å²) in [5, 5.41) is 2.75. The number of amides is 1. The molecule has 0 unspecified atom stereocenters. The number of carbonyl (C=O) groups excluding carboxylic acids is 1. The van der Waals surface area contributed by atoms with Gasteiger partial charge in [-0.15, -0.1) is 0 Å². The number of sulfonamides is 1. The molecular formula is C14H21BrN2O3S. The molecule has 0 heterocycles. The number of unbranched alkanes of at least 4 members (excludes halogenated alkanes) is 1. The summed E-state index contributed by atoms with van der Waals surface area (Å²) < 4.78 is 25.5. The Morgan fingerprint density at radius 3 is 2.57 bits per heavy atom. The summed E-state index contributed by atoms with van der Waals surface area (Å²) in [6.45, 7) is 4.06. The van der Waals surface area contributed by atoms with E-state index in [0.29, 0.717) is 12.2 Å². The highest BCUT2D eigenvalue weighted by Gasteiger charge is 2.19. The van der Waals surface area contributed by atoms with Gasteiger partial charge in [0.25, 0.3) is 0 Å². The Hall–Kier alpha value is -0.920. The number of nitrogens with one attached hydrogen (secondary N) is 1. The molecule has 1 N–H and O–H groups in total. The summed E-state index contributed by atoms with van der Waals surface area (Å²) in [4.78, 5) is 12.0. The largest absolute Gasteiger partial charge is 0.325 e. The van der Waals surface area contributed by atoms with E-state index in [0.717, 1.165) is 29.1 Å². The number of nitrogens with zero attached hydrogens (tertiary/aromatic N) is 1. The molecule has 118 valence electrons. The van der Waals surface area contributed by atoms with Gasteiger partial charge >= 0.3 is 0 Å². The summed E-state index contributed by atoms with van der Waals surface area (Å²) in [6, 6.07) is 5.50. The summed E-state index contributed by atoms with van der Waals surface area (Å²) in [5.74, 6) is -0.332. The van der Waals surface area contributed by atoms with Gasteiger partial charge in [-0.3, -0.25) is 4.79 Å². The molecule has 7 heteroatoms. The quantitative estimate of drug-likeness (QED) is 0.795. The van der Waals surface area contributed by atoms with Gasteiger partial charge in [-0.25, -0.2) is 8.42 Å². The first-order valence-electron chi connectivity index (χ1n) is 6.75. The van der Waals surface area contributed by atoms with Crippen molar-refractivity contribution in [2.45, 2.75) is 26.7 Å². The van der Waals surface area contributed by atoms with Crippen LogP contribution in [-0.2, 0) is 14.8 Å². The Bertz CT molecular complexity index is 602. The van der Waals surface area contributed by atoms with Crippen LogP contribution in [0.1, 0.15) is 25.3 Å². The molecule has 21 heavy (non-hydrogen) atoms. The average Bonchev–Trinajstić information content (AvgIpc) is 2.36. The van der Waals surface area contributed by atoms with Crippen LogP contribution in [0.4, 0.5) is 5.69 Å². The maximum atomic E-state index is 12.0. The molecule has 0 atom stereocenters. The fourth-order valence-corrected chi connectivity index (χ4v) is 3.10. The molecule has 0 aliphatic heterocycles. The smallest absolute Gasteiger partial charge is 0.239 e. The molecule has 0 spiro atoms. The van der Waals surface area contributed by atoms with Gasteiger partial charge in [-0.1, -0.05) is 29.3 Å². The van der Waals surface area contributed by atoms with Crippen LogP contribution in [0.2, 0.25) is 0 Å². The van der Waals surface area contributed by atoms with Gasteiger partial charge in [0.1, 0.15) is 0 Å². The van der Waals surface area contributed by atoms with Gasteiger partial charge in [0.05, 0.1) is 12.8 Å². The van der Waals surface area contributed by atoms with E-state index >= 15 is 0 Å². The number of rotatable bonds is 7. The molecule has 0 bridgehead atoms. The molecule has 0 aromatic heterocycles. The van der Waals surface area contributed by atoms with Crippen molar-refractivity contribution in [3.8, 4) is 0 Å². The Morgan fingerprint density at radius 1 is 1.38 bits per heavy atom. The summed E-state index contributed by atoms with van der Waals surface area (Å²) in [7, 11) is -3.38. The van der Waals surface area contributed by atoms with Crippen LogP contribution in [0.25, 0.3) is 0 Å². The minimum atomic E-state index is -3.38. The van der Waals surface area contributed by atoms with Crippen molar-refractivity contribution in [3.63, 3.8) is 0 Å². The van der Waals surface area contributed by atoms with E-state index in [-0.39, 0.29) is 12.5 Å². The molecule has 0 saturated carbocycles. The maximum Gasteiger partial charge on any atom is 0.239 e. The van der Waals surface area contributed by atoms with Crippen molar-refractivity contribution < 1.29 is 13.2 Å². The van der Waals surface area contributed by atoms with E-state index in [4.69, 9.17) is 0 Å².